The molecule has 65 heavy (non-hydrogen) atoms. The van der Waals surface area contributed by atoms with Crippen molar-refractivity contribution in [1.82, 2.24) is 23.3 Å². The van der Waals surface area contributed by atoms with Gasteiger partial charge in [0.25, 0.3) is 5.91 Å². The number of hydrogen-bond donors (Lipinski definition) is 1. The second kappa shape index (κ2) is 17.4. The Balaban J connectivity index is 0.000000134. The van der Waals surface area contributed by atoms with Crippen molar-refractivity contribution in [2.45, 2.75) is 56.7 Å². The third kappa shape index (κ3) is 9.38. The second-order valence-corrected chi connectivity index (χ2v) is 19.3. The number of carboxylic acids is 1. The Hall–Kier alpha value is -6.08. The van der Waals surface area contributed by atoms with Gasteiger partial charge < -0.3 is 18.8 Å². The van der Waals surface area contributed by atoms with Crippen LogP contribution in [0, 0.1) is 17.5 Å². The number of sulfone groups is 1. The maximum Gasteiger partial charge on any atom is 0.341 e. The van der Waals surface area contributed by atoms with Crippen LogP contribution in [0.2, 0.25) is 15.1 Å². The van der Waals surface area contributed by atoms with E-state index in [0.29, 0.717) is 16.6 Å². The van der Waals surface area contributed by atoms with Gasteiger partial charge in [0, 0.05) is 71.5 Å². The first-order valence-corrected chi connectivity index (χ1v) is 23.0. The number of aromatic carboxylic acids is 1. The van der Waals surface area contributed by atoms with Crippen LogP contribution in [0.4, 0.5) is 13.2 Å². The molecule has 14 nitrogen and oxygen atoms in total. The molecule has 4 heterocycles. The van der Waals surface area contributed by atoms with E-state index in [1.165, 1.54) is 53.9 Å². The highest BCUT2D eigenvalue weighted by Gasteiger charge is 2.30. The number of fused-ring (bicyclic) bond motifs is 3. The number of ketones is 1. The summed E-state index contributed by atoms with van der Waals surface area (Å²) in [5.74, 6) is -5.50. The van der Waals surface area contributed by atoms with Crippen molar-refractivity contribution >= 4 is 95.0 Å². The van der Waals surface area contributed by atoms with E-state index in [9.17, 15) is 50.4 Å². The number of nitrogens with zero attached hydrogens (tertiary/aromatic N) is 5. The van der Waals surface area contributed by atoms with Gasteiger partial charge in [-0.15, -0.1) is 0 Å². The van der Waals surface area contributed by atoms with Gasteiger partial charge in [0.1, 0.15) is 40.7 Å². The lowest BCUT2D eigenvalue weighted by Gasteiger charge is -2.13. The number of Topliss-reactive ketones (excluding diaryl/α,β-unsaturated/α-hetero) is 1. The van der Waals surface area contributed by atoms with Gasteiger partial charge in [0.2, 0.25) is 10.9 Å². The molecule has 0 spiro atoms. The highest BCUT2D eigenvalue weighted by atomic mass is 35.5. The number of carbonyl (C=O) groups is 3. The number of benzene rings is 3. The molecule has 10 rings (SSSR count). The van der Waals surface area contributed by atoms with E-state index in [1.807, 2.05) is 4.57 Å². The van der Waals surface area contributed by atoms with Crippen molar-refractivity contribution < 1.29 is 41.1 Å². The van der Waals surface area contributed by atoms with Gasteiger partial charge in [-0.25, -0.2) is 31.4 Å². The predicted octanol–water partition coefficient (Wildman–Crippen LogP) is 8.20. The van der Waals surface area contributed by atoms with Gasteiger partial charge in [0.15, 0.2) is 21.0 Å². The van der Waals surface area contributed by atoms with Crippen LogP contribution < -0.4 is 16.3 Å². The van der Waals surface area contributed by atoms with E-state index in [4.69, 9.17) is 39.9 Å². The lowest BCUT2D eigenvalue weighted by molar-refractivity contribution is 0.0694. The average molecular weight is 971 g/mol. The summed E-state index contributed by atoms with van der Waals surface area (Å²) < 4.78 is 70.1. The van der Waals surface area contributed by atoms with Crippen LogP contribution in [0.15, 0.2) is 88.1 Å². The molecule has 1 N–H and O–H groups in total. The van der Waals surface area contributed by atoms with Crippen molar-refractivity contribution in [1.29, 1.82) is 0 Å². The zero-order chi connectivity index (χ0) is 46.8. The summed E-state index contributed by atoms with van der Waals surface area (Å²) in [6.07, 6.45) is 14.9. The predicted molar refractivity (Wildman–Crippen MR) is 237 cm³/mol. The van der Waals surface area contributed by atoms with E-state index >= 15 is 0 Å². The van der Waals surface area contributed by atoms with Gasteiger partial charge in [0.05, 0.1) is 37.2 Å². The summed E-state index contributed by atoms with van der Waals surface area (Å²) in [5.41, 5.74) is -1.00. The number of carboxylic acid groups (broad SMARTS) is 1. The number of carbonyl (C=O) groups excluding carboxylic acids is 2. The normalized spacial score (nSPS) is 14.8. The lowest BCUT2D eigenvalue weighted by atomic mass is 10.1. The summed E-state index contributed by atoms with van der Waals surface area (Å²) in [7, 11) is -3.57. The Morgan fingerprint density at radius 1 is 0.646 bits per heavy atom. The molecule has 3 aliphatic rings. The van der Waals surface area contributed by atoms with Crippen LogP contribution in [-0.4, -0.2) is 66.4 Å². The van der Waals surface area contributed by atoms with Crippen LogP contribution in [-0.2, 0) is 9.84 Å². The van der Waals surface area contributed by atoms with Gasteiger partial charge in [-0.1, -0.05) is 34.8 Å². The number of aromatic nitrogens is 5. The van der Waals surface area contributed by atoms with Crippen LogP contribution in [0.5, 0.6) is 0 Å². The zero-order valence-electron chi connectivity index (χ0n) is 33.7. The second-order valence-electron chi connectivity index (χ2n) is 16.0. The highest BCUT2D eigenvalue weighted by Crippen LogP contribution is 2.40. The first kappa shape index (κ1) is 45.5. The summed E-state index contributed by atoms with van der Waals surface area (Å²) in [6, 6.07) is 7.73. The molecule has 4 aromatic heterocycles. The van der Waals surface area contributed by atoms with Crippen molar-refractivity contribution in [3.63, 3.8) is 0 Å². The molecule has 0 saturated heterocycles. The minimum Gasteiger partial charge on any atom is -0.477 e. The van der Waals surface area contributed by atoms with E-state index in [0.717, 1.165) is 63.0 Å². The number of pyridine rings is 3. The van der Waals surface area contributed by atoms with Crippen molar-refractivity contribution in [2.24, 2.45) is 0 Å². The third-order valence-corrected chi connectivity index (χ3v) is 12.6. The van der Waals surface area contributed by atoms with Gasteiger partial charge in [-0.2, -0.15) is 0 Å². The maximum atomic E-state index is 13.8. The van der Waals surface area contributed by atoms with Gasteiger partial charge in [-0.05, 0) is 74.9 Å². The molecule has 0 radical (unpaired) electrons. The summed E-state index contributed by atoms with van der Waals surface area (Å²) in [6.45, 7) is 0. The molecule has 3 aromatic carbocycles. The van der Waals surface area contributed by atoms with Gasteiger partial charge >= 0.3 is 5.97 Å². The SMILES string of the molecule is CS(=O)(=O)CC(=O)c1cn(C2CC2)c2cc(Cl)c(F)cc2c1=O.O=C(O)c1cn(C2CC2)c2cc(Cl)c(F)cc2c1=O.O=C(c1cn(C2CC2)c2cc(Cl)c(F)cc2c1=O)n1ccnc1. The van der Waals surface area contributed by atoms with Crippen molar-refractivity contribution in [2.75, 3.05) is 12.0 Å². The summed E-state index contributed by atoms with van der Waals surface area (Å²) in [4.78, 5) is 76.7. The minimum atomic E-state index is -3.57. The summed E-state index contributed by atoms with van der Waals surface area (Å²) >= 11 is 17.4. The average Bonchev–Trinajstić information content (AvgIpc) is 4.12. The topological polar surface area (TPSA) is 189 Å². The van der Waals surface area contributed by atoms with Crippen LogP contribution in [0.25, 0.3) is 32.7 Å². The standard InChI is InChI=1S/C16H11ClFN3O2.C15H13ClFNO4S.C13H9ClFNO3/c17-12-6-14-10(5-13(12)18)15(22)11(7-21(14)9-1-2-9)16(23)20-4-3-19-8-20;1-23(21,22)7-14(19)10-6-18(8-2-3-8)13-5-11(16)12(17)4-9(13)15(10)20;14-9-4-11-7(3-10(9)15)12(17)8(13(18)19)5-16(11)6-1-2-6/h3-9H,1-2H2;4-6,8H,2-3,7H2,1H3;3-6H,1-2H2,(H,18,19). The quantitative estimate of drug-likeness (QED) is 0.145. The Kier molecular flexibility index (Phi) is 12.2. The van der Waals surface area contributed by atoms with Crippen molar-refractivity contribution in [3.05, 3.63) is 154 Å². The smallest absolute Gasteiger partial charge is 0.341 e. The zero-order valence-corrected chi connectivity index (χ0v) is 36.8. The Bertz CT molecular complexity index is 3470. The number of halogens is 6. The third-order valence-electron chi connectivity index (χ3n) is 10.9. The molecule has 0 unspecified atom stereocenters. The molecular weight excluding hydrogens is 938 g/mol. The molecule has 3 aliphatic carbocycles. The number of imidazole rings is 1. The van der Waals surface area contributed by atoms with Crippen molar-refractivity contribution in [3.8, 4) is 0 Å². The molecule has 0 bridgehead atoms. The Morgan fingerprint density at radius 3 is 1.37 bits per heavy atom. The lowest BCUT2D eigenvalue weighted by Crippen LogP contribution is -2.24. The van der Waals surface area contributed by atoms with Gasteiger partial charge in [-0.3, -0.25) is 28.5 Å². The molecule has 0 atom stereocenters. The first-order chi connectivity index (χ1) is 30.7. The minimum absolute atomic E-state index is 0.0101. The molecular formula is C44H33Cl3F3N5O9S. The maximum absolute atomic E-state index is 13.8. The monoisotopic (exact) mass is 969 g/mol. The van der Waals surface area contributed by atoms with Crippen LogP contribution >= 0.6 is 34.8 Å². The Morgan fingerprint density at radius 2 is 1.02 bits per heavy atom. The van der Waals surface area contributed by atoms with E-state index < -0.39 is 67.0 Å². The van der Waals surface area contributed by atoms with E-state index in [-0.39, 0.29) is 66.0 Å². The van der Waals surface area contributed by atoms with Crippen LogP contribution in [0.3, 0.4) is 0 Å². The summed E-state index contributed by atoms with van der Waals surface area (Å²) in [5, 5.41) is 9.04. The number of rotatable bonds is 8. The molecule has 7 aromatic rings. The molecule has 0 aliphatic heterocycles. The molecule has 3 fully saturated rings. The molecule has 3 saturated carbocycles. The highest BCUT2D eigenvalue weighted by molar-refractivity contribution is 7.91. The fourth-order valence-electron chi connectivity index (χ4n) is 7.33. The fourth-order valence-corrected chi connectivity index (χ4v) is 8.44. The van der Waals surface area contributed by atoms with E-state index in [1.54, 1.807) is 15.3 Å². The first-order valence-electron chi connectivity index (χ1n) is 19.8. The molecule has 336 valence electrons. The fraction of sp³-hybridized carbons (Fsp3) is 0.250. The van der Waals surface area contributed by atoms with E-state index in [2.05, 4.69) is 4.98 Å². The molecule has 21 heteroatoms. The van der Waals surface area contributed by atoms with Crippen LogP contribution in [0.1, 0.15) is 87.7 Å². The molecule has 0 amide bonds. The largest absolute Gasteiger partial charge is 0.477 e. The Labute approximate surface area is 379 Å². The number of hydrogen-bond acceptors (Lipinski definition) is 9.